The van der Waals surface area contributed by atoms with E-state index in [1.54, 1.807) is 6.20 Å². The molecule has 1 N–H and O–H groups in total. The van der Waals surface area contributed by atoms with Gasteiger partial charge in [0.1, 0.15) is 6.07 Å². The first-order chi connectivity index (χ1) is 7.23. The summed E-state index contributed by atoms with van der Waals surface area (Å²) in [5, 5.41) is 12.4. The van der Waals surface area contributed by atoms with Crippen LogP contribution >= 0.6 is 0 Å². The summed E-state index contributed by atoms with van der Waals surface area (Å²) in [6.45, 7) is 2.22. The standard InChI is InChI=1S/C12H15N3/c1-12(6-2-3-7-12)15-10-5-4-8-14-11(10)9-13/h4-5,8,15H,2-3,6-7H2,1H3. The van der Waals surface area contributed by atoms with Gasteiger partial charge in [0.15, 0.2) is 5.69 Å². The van der Waals surface area contributed by atoms with Gasteiger partial charge in [-0.3, -0.25) is 0 Å². The average Bonchev–Trinajstić information content (AvgIpc) is 2.66. The van der Waals surface area contributed by atoms with Crippen LogP contribution in [0.4, 0.5) is 5.69 Å². The SMILES string of the molecule is CC1(Nc2cccnc2C#N)CCCC1. The quantitative estimate of drug-likeness (QED) is 0.800. The van der Waals surface area contributed by atoms with Crippen molar-refractivity contribution in [3.63, 3.8) is 0 Å². The first-order valence-electron chi connectivity index (χ1n) is 5.37. The summed E-state index contributed by atoms with van der Waals surface area (Å²) in [4.78, 5) is 4.05. The molecule has 0 saturated heterocycles. The van der Waals surface area contributed by atoms with Crippen LogP contribution in [-0.4, -0.2) is 10.5 Å². The Balaban J connectivity index is 2.20. The average molecular weight is 201 g/mol. The van der Waals surface area contributed by atoms with E-state index >= 15 is 0 Å². The maximum absolute atomic E-state index is 8.92. The van der Waals surface area contributed by atoms with Crippen molar-refractivity contribution in [1.82, 2.24) is 4.98 Å². The molecule has 0 amide bonds. The minimum Gasteiger partial charge on any atom is -0.378 e. The first-order valence-corrected chi connectivity index (χ1v) is 5.37. The predicted octanol–water partition coefficient (Wildman–Crippen LogP) is 2.70. The van der Waals surface area contributed by atoms with Gasteiger partial charge in [-0.05, 0) is 31.9 Å². The lowest BCUT2D eigenvalue weighted by molar-refractivity contribution is 0.533. The van der Waals surface area contributed by atoms with Crippen molar-refractivity contribution in [2.24, 2.45) is 0 Å². The van der Waals surface area contributed by atoms with E-state index < -0.39 is 0 Å². The number of hydrogen-bond acceptors (Lipinski definition) is 3. The molecule has 1 aliphatic carbocycles. The Morgan fingerprint density at radius 3 is 2.87 bits per heavy atom. The highest BCUT2D eigenvalue weighted by Crippen LogP contribution is 2.32. The van der Waals surface area contributed by atoms with E-state index in [0.717, 1.165) is 5.69 Å². The maximum atomic E-state index is 8.92. The molecule has 0 bridgehead atoms. The Bertz CT molecular complexity index is 386. The fourth-order valence-electron chi connectivity index (χ4n) is 2.20. The van der Waals surface area contributed by atoms with E-state index in [9.17, 15) is 0 Å². The van der Waals surface area contributed by atoms with Crippen LogP contribution in [0.3, 0.4) is 0 Å². The topological polar surface area (TPSA) is 48.7 Å². The van der Waals surface area contributed by atoms with Crippen molar-refractivity contribution in [2.75, 3.05) is 5.32 Å². The summed E-state index contributed by atoms with van der Waals surface area (Å²) in [5.41, 5.74) is 1.50. The first kappa shape index (κ1) is 9.97. The molecule has 0 radical (unpaired) electrons. The monoisotopic (exact) mass is 201 g/mol. The van der Waals surface area contributed by atoms with E-state index in [-0.39, 0.29) is 5.54 Å². The molecule has 1 aliphatic rings. The number of hydrogen-bond donors (Lipinski definition) is 1. The minimum absolute atomic E-state index is 0.147. The Kier molecular flexibility index (Phi) is 2.59. The second kappa shape index (κ2) is 3.90. The fraction of sp³-hybridized carbons (Fsp3) is 0.500. The van der Waals surface area contributed by atoms with Gasteiger partial charge in [-0.25, -0.2) is 4.98 Å². The maximum Gasteiger partial charge on any atom is 0.163 e. The van der Waals surface area contributed by atoms with Crippen LogP contribution in [0.15, 0.2) is 18.3 Å². The summed E-state index contributed by atoms with van der Waals surface area (Å²) >= 11 is 0. The lowest BCUT2D eigenvalue weighted by Gasteiger charge is -2.26. The molecule has 1 fully saturated rings. The third-order valence-corrected chi connectivity index (χ3v) is 3.06. The molecular weight excluding hydrogens is 186 g/mol. The van der Waals surface area contributed by atoms with Crippen molar-refractivity contribution in [1.29, 1.82) is 5.26 Å². The van der Waals surface area contributed by atoms with Gasteiger partial charge in [0.25, 0.3) is 0 Å². The van der Waals surface area contributed by atoms with E-state index in [2.05, 4.69) is 23.3 Å². The van der Waals surface area contributed by atoms with E-state index in [1.807, 2.05) is 12.1 Å². The second-order valence-electron chi connectivity index (χ2n) is 4.40. The van der Waals surface area contributed by atoms with Crippen molar-refractivity contribution < 1.29 is 0 Å². The van der Waals surface area contributed by atoms with Crippen molar-refractivity contribution in [2.45, 2.75) is 38.1 Å². The zero-order valence-corrected chi connectivity index (χ0v) is 8.95. The largest absolute Gasteiger partial charge is 0.378 e. The van der Waals surface area contributed by atoms with Crippen LogP contribution < -0.4 is 5.32 Å². The van der Waals surface area contributed by atoms with Gasteiger partial charge >= 0.3 is 0 Å². The Morgan fingerprint density at radius 2 is 2.20 bits per heavy atom. The number of nitriles is 1. The van der Waals surface area contributed by atoms with Gasteiger partial charge in [-0.2, -0.15) is 5.26 Å². The summed E-state index contributed by atoms with van der Waals surface area (Å²) in [6.07, 6.45) is 6.54. The molecule has 0 atom stereocenters. The normalized spacial score (nSPS) is 18.4. The van der Waals surface area contributed by atoms with Gasteiger partial charge < -0.3 is 5.32 Å². The van der Waals surface area contributed by atoms with Crippen molar-refractivity contribution in [3.05, 3.63) is 24.0 Å². The van der Waals surface area contributed by atoms with Crippen molar-refractivity contribution in [3.8, 4) is 6.07 Å². The lowest BCUT2D eigenvalue weighted by Crippen LogP contribution is -2.31. The molecular formula is C12H15N3. The van der Waals surface area contributed by atoms with Crippen LogP contribution in [0.1, 0.15) is 38.3 Å². The number of anilines is 1. The number of rotatable bonds is 2. The summed E-state index contributed by atoms with van der Waals surface area (Å²) in [7, 11) is 0. The highest BCUT2D eigenvalue weighted by molar-refractivity contribution is 5.54. The molecule has 0 aliphatic heterocycles. The summed E-state index contributed by atoms with van der Waals surface area (Å²) in [5.74, 6) is 0. The molecule has 1 saturated carbocycles. The molecule has 1 aromatic heterocycles. The fourth-order valence-corrected chi connectivity index (χ4v) is 2.20. The third kappa shape index (κ3) is 2.10. The number of pyridine rings is 1. The van der Waals surface area contributed by atoms with Gasteiger partial charge in [-0.15, -0.1) is 0 Å². The second-order valence-corrected chi connectivity index (χ2v) is 4.40. The molecule has 3 heteroatoms. The van der Waals surface area contributed by atoms with Crippen LogP contribution in [0.25, 0.3) is 0 Å². The van der Waals surface area contributed by atoms with E-state index in [1.165, 1.54) is 25.7 Å². The predicted molar refractivity (Wildman–Crippen MR) is 59.4 cm³/mol. The van der Waals surface area contributed by atoms with Gasteiger partial charge in [0, 0.05) is 11.7 Å². The summed E-state index contributed by atoms with van der Waals surface area (Å²) < 4.78 is 0. The van der Waals surface area contributed by atoms with Gasteiger partial charge in [0.05, 0.1) is 5.69 Å². The number of nitrogens with one attached hydrogen (secondary N) is 1. The van der Waals surface area contributed by atoms with Crippen LogP contribution in [0.5, 0.6) is 0 Å². The Hall–Kier alpha value is -1.56. The molecule has 15 heavy (non-hydrogen) atoms. The smallest absolute Gasteiger partial charge is 0.163 e. The van der Waals surface area contributed by atoms with Crippen LogP contribution in [0.2, 0.25) is 0 Å². The van der Waals surface area contributed by atoms with E-state index in [4.69, 9.17) is 5.26 Å². The minimum atomic E-state index is 0.147. The summed E-state index contributed by atoms with van der Waals surface area (Å²) in [6, 6.07) is 5.90. The molecule has 2 rings (SSSR count). The zero-order valence-electron chi connectivity index (χ0n) is 8.95. The van der Waals surface area contributed by atoms with Crippen molar-refractivity contribution >= 4 is 5.69 Å². The Labute approximate surface area is 90.1 Å². The third-order valence-electron chi connectivity index (χ3n) is 3.06. The zero-order chi connectivity index (χ0) is 10.7. The molecule has 78 valence electrons. The Morgan fingerprint density at radius 1 is 1.47 bits per heavy atom. The molecule has 3 nitrogen and oxygen atoms in total. The highest BCUT2D eigenvalue weighted by Gasteiger charge is 2.28. The number of nitrogens with zero attached hydrogens (tertiary/aromatic N) is 2. The van der Waals surface area contributed by atoms with Crippen LogP contribution in [-0.2, 0) is 0 Å². The van der Waals surface area contributed by atoms with Crippen LogP contribution in [0, 0.1) is 11.3 Å². The lowest BCUT2D eigenvalue weighted by atomic mass is 10.00. The molecule has 1 heterocycles. The molecule has 1 aromatic rings. The molecule has 0 spiro atoms. The highest BCUT2D eigenvalue weighted by atomic mass is 15.0. The van der Waals surface area contributed by atoms with E-state index in [0.29, 0.717) is 5.69 Å². The molecule has 0 aromatic carbocycles. The molecule has 0 unspecified atom stereocenters. The number of aromatic nitrogens is 1. The van der Waals surface area contributed by atoms with Gasteiger partial charge in [0.2, 0.25) is 0 Å². The van der Waals surface area contributed by atoms with Gasteiger partial charge in [-0.1, -0.05) is 12.8 Å².